The Morgan fingerprint density at radius 1 is 1.19 bits per heavy atom. The third kappa shape index (κ3) is 2.32. The van der Waals surface area contributed by atoms with E-state index in [9.17, 15) is 14.3 Å². The number of aliphatic hydroxyl groups is 1. The molecule has 1 heterocycles. The second kappa shape index (κ2) is 5.10. The number of benzodiazepines with no additional fused rings is 1. The van der Waals surface area contributed by atoms with Crippen LogP contribution in [0.5, 0.6) is 0 Å². The van der Waals surface area contributed by atoms with Crippen LogP contribution in [0, 0.1) is 5.82 Å². The summed E-state index contributed by atoms with van der Waals surface area (Å²) in [6.07, 6.45) is -1.50. The molecule has 3 rings (SSSR count). The van der Waals surface area contributed by atoms with Gasteiger partial charge in [-0.3, -0.25) is 4.79 Å². The monoisotopic (exact) mass is 284 g/mol. The minimum atomic E-state index is -1.50. The van der Waals surface area contributed by atoms with Crippen LogP contribution < -0.4 is 4.90 Å². The van der Waals surface area contributed by atoms with E-state index in [1.807, 2.05) is 18.2 Å². The largest absolute Gasteiger partial charge is 0.364 e. The summed E-state index contributed by atoms with van der Waals surface area (Å²) in [7, 11) is 1.53. The van der Waals surface area contributed by atoms with Gasteiger partial charge < -0.3 is 10.0 Å². The molecule has 0 saturated heterocycles. The molecule has 0 spiro atoms. The highest BCUT2D eigenvalue weighted by Crippen LogP contribution is 2.27. The quantitative estimate of drug-likeness (QED) is 0.870. The maximum absolute atomic E-state index is 13.6. The minimum absolute atomic E-state index is 0.398. The normalized spacial score (nSPS) is 18.0. The number of fused-ring (bicyclic) bond motifs is 1. The molecule has 1 amide bonds. The van der Waals surface area contributed by atoms with Gasteiger partial charge in [-0.1, -0.05) is 30.3 Å². The molecule has 0 saturated carbocycles. The van der Waals surface area contributed by atoms with E-state index in [0.29, 0.717) is 22.5 Å². The first-order chi connectivity index (χ1) is 10.1. The van der Waals surface area contributed by atoms with Crippen molar-refractivity contribution >= 4 is 17.3 Å². The fraction of sp³-hybridized carbons (Fsp3) is 0.125. The number of carbonyl (C=O) groups excluding carboxylic acids is 1. The van der Waals surface area contributed by atoms with E-state index in [0.717, 1.165) is 0 Å². The Bertz CT molecular complexity index is 728. The van der Waals surface area contributed by atoms with Crippen LogP contribution in [0.1, 0.15) is 11.1 Å². The van der Waals surface area contributed by atoms with E-state index in [2.05, 4.69) is 4.99 Å². The topological polar surface area (TPSA) is 52.9 Å². The summed E-state index contributed by atoms with van der Waals surface area (Å²) < 4.78 is 13.6. The first-order valence-electron chi connectivity index (χ1n) is 6.46. The molecule has 0 radical (unpaired) electrons. The number of carbonyl (C=O) groups is 1. The van der Waals surface area contributed by atoms with Crippen molar-refractivity contribution in [3.63, 3.8) is 0 Å². The summed E-state index contributed by atoms with van der Waals surface area (Å²) in [5.41, 5.74) is 2.11. The number of amides is 1. The van der Waals surface area contributed by atoms with E-state index in [-0.39, 0.29) is 0 Å². The van der Waals surface area contributed by atoms with Crippen molar-refractivity contribution in [1.82, 2.24) is 0 Å². The Hall–Kier alpha value is -2.53. The van der Waals surface area contributed by atoms with Crippen LogP contribution in [0.4, 0.5) is 10.1 Å². The second-order valence-corrected chi connectivity index (χ2v) is 4.78. The van der Waals surface area contributed by atoms with Gasteiger partial charge in [0.2, 0.25) is 6.23 Å². The second-order valence-electron chi connectivity index (χ2n) is 4.78. The SMILES string of the molecule is CN1C(=O)C(O)N=C(c2ccccc2)c2cc(F)ccc21. The summed E-state index contributed by atoms with van der Waals surface area (Å²) in [5, 5.41) is 9.93. The zero-order chi connectivity index (χ0) is 15.0. The van der Waals surface area contributed by atoms with Gasteiger partial charge in [-0.15, -0.1) is 0 Å². The number of hydrogen-bond acceptors (Lipinski definition) is 3. The molecule has 4 nitrogen and oxygen atoms in total. The van der Waals surface area contributed by atoms with Gasteiger partial charge in [-0.25, -0.2) is 9.38 Å². The molecule has 0 fully saturated rings. The number of aliphatic imine (C=N–C) groups is 1. The Morgan fingerprint density at radius 2 is 1.90 bits per heavy atom. The third-order valence-corrected chi connectivity index (χ3v) is 3.43. The van der Waals surface area contributed by atoms with E-state index in [1.165, 1.54) is 30.1 Å². The highest BCUT2D eigenvalue weighted by Gasteiger charge is 2.28. The Morgan fingerprint density at radius 3 is 2.62 bits per heavy atom. The van der Waals surface area contributed by atoms with Crippen molar-refractivity contribution in [2.24, 2.45) is 4.99 Å². The van der Waals surface area contributed by atoms with Crippen LogP contribution in [0.25, 0.3) is 0 Å². The summed E-state index contributed by atoms with van der Waals surface area (Å²) in [4.78, 5) is 17.4. The van der Waals surface area contributed by atoms with Crippen molar-refractivity contribution in [1.29, 1.82) is 0 Å². The number of hydrogen-bond donors (Lipinski definition) is 1. The fourth-order valence-corrected chi connectivity index (χ4v) is 2.36. The highest BCUT2D eigenvalue weighted by atomic mass is 19.1. The molecule has 2 aromatic carbocycles. The Labute approximate surface area is 121 Å². The van der Waals surface area contributed by atoms with Crippen LogP contribution in [-0.2, 0) is 4.79 Å². The van der Waals surface area contributed by atoms with Gasteiger partial charge in [0.1, 0.15) is 5.82 Å². The van der Waals surface area contributed by atoms with Gasteiger partial charge in [0, 0.05) is 18.2 Å². The van der Waals surface area contributed by atoms with Crippen molar-refractivity contribution in [2.45, 2.75) is 6.23 Å². The Kier molecular flexibility index (Phi) is 3.27. The van der Waals surface area contributed by atoms with Crippen LogP contribution in [-0.4, -0.2) is 30.0 Å². The molecule has 0 aromatic heterocycles. The zero-order valence-corrected chi connectivity index (χ0v) is 11.3. The number of likely N-dealkylation sites (N-methyl/N-ethyl adjacent to an activating group) is 1. The molecule has 2 aromatic rings. The molecule has 106 valence electrons. The summed E-state index contributed by atoms with van der Waals surface area (Å²) in [6, 6.07) is 13.2. The lowest BCUT2D eigenvalue weighted by atomic mass is 10.0. The van der Waals surface area contributed by atoms with Gasteiger partial charge in [-0.05, 0) is 18.2 Å². The zero-order valence-electron chi connectivity index (χ0n) is 11.3. The number of rotatable bonds is 1. The van der Waals surface area contributed by atoms with Crippen molar-refractivity contribution in [2.75, 3.05) is 11.9 Å². The average molecular weight is 284 g/mol. The van der Waals surface area contributed by atoms with Gasteiger partial charge >= 0.3 is 0 Å². The Balaban J connectivity index is 2.27. The molecule has 0 aliphatic carbocycles. The number of benzene rings is 2. The molecule has 1 unspecified atom stereocenters. The van der Waals surface area contributed by atoms with Crippen LogP contribution in [0.15, 0.2) is 53.5 Å². The third-order valence-electron chi connectivity index (χ3n) is 3.43. The van der Waals surface area contributed by atoms with E-state index < -0.39 is 18.0 Å². The maximum Gasteiger partial charge on any atom is 0.278 e. The molecule has 1 aliphatic rings. The average Bonchev–Trinajstić information content (AvgIpc) is 2.59. The molecule has 0 bridgehead atoms. The van der Waals surface area contributed by atoms with E-state index >= 15 is 0 Å². The minimum Gasteiger partial charge on any atom is -0.364 e. The fourth-order valence-electron chi connectivity index (χ4n) is 2.36. The molecule has 1 atom stereocenters. The van der Waals surface area contributed by atoms with Crippen molar-refractivity contribution < 1.29 is 14.3 Å². The summed E-state index contributed by atoms with van der Waals surface area (Å²) in [5.74, 6) is -0.969. The predicted molar refractivity (Wildman–Crippen MR) is 77.9 cm³/mol. The number of aliphatic hydroxyl groups excluding tert-OH is 1. The lowest BCUT2D eigenvalue weighted by Crippen LogP contribution is -2.34. The molecular formula is C16H13FN2O2. The molecule has 1 N–H and O–H groups in total. The standard InChI is InChI=1S/C16H13FN2O2/c1-19-13-8-7-11(17)9-12(13)14(18-15(20)16(19)21)10-5-3-2-4-6-10/h2-9,15,20H,1H3. The number of halogens is 1. The lowest BCUT2D eigenvalue weighted by molar-refractivity contribution is -0.125. The first-order valence-corrected chi connectivity index (χ1v) is 6.46. The molecular weight excluding hydrogens is 271 g/mol. The van der Waals surface area contributed by atoms with Crippen molar-refractivity contribution in [3.05, 3.63) is 65.5 Å². The van der Waals surface area contributed by atoms with Gasteiger partial charge in [0.05, 0.1) is 11.4 Å². The smallest absolute Gasteiger partial charge is 0.278 e. The summed E-state index contributed by atoms with van der Waals surface area (Å²) in [6.45, 7) is 0. The summed E-state index contributed by atoms with van der Waals surface area (Å²) >= 11 is 0. The number of nitrogens with zero attached hydrogens (tertiary/aromatic N) is 2. The van der Waals surface area contributed by atoms with Gasteiger partial charge in [0.25, 0.3) is 5.91 Å². The first kappa shape index (κ1) is 13.5. The highest BCUT2D eigenvalue weighted by molar-refractivity contribution is 6.19. The maximum atomic E-state index is 13.6. The van der Waals surface area contributed by atoms with Crippen LogP contribution in [0.3, 0.4) is 0 Å². The van der Waals surface area contributed by atoms with Crippen molar-refractivity contribution in [3.8, 4) is 0 Å². The number of anilines is 1. The van der Waals surface area contributed by atoms with E-state index in [1.54, 1.807) is 12.1 Å². The van der Waals surface area contributed by atoms with Crippen LogP contribution in [0.2, 0.25) is 0 Å². The lowest BCUT2D eigenvalue weighted by Gasteiger charge is -2.18. The molecule has 5 heteroatoms. The molecule has 21 heavy (non-hydrogen) atoms. The van der Waals surface area contributed by atoms with Gasteiger partial charge in [0.15, 0.2) is 0 Å². The van der Waals surface area contributed by atoms with Crippen LogP contribution >= 0.6 is 0 Å². The van der Waals surface area contributed by atoms with Gasteiger partial charge in [-0.2, -0.15) is 0 Å². The molecule has 1 aliphatic heterocycles. The van der Waals surface area contributed by atoms with E-state index in [4.69, 9.17) is 0 Å². The predicted octanol–water partition coefficient (Wildman–Crippen LogP) is 1.96.